The Kier molecular flexibility index (Phi) is 5.43. The van der Waals surface area contributed by atoms with E-state index in [2.05, 4.69) is 12.9 Å². The molecule has 3 aromatic rings. The van der Waals surface area contributed by atoms with E-state index in [-0.39, 0.29) is 18.7 Å². The number of nitrogens with zero attached hydrogens (tertiary/aromatic N) is 2. The number of hydrogen-bond donors (Lipinski definition) is 0. The van der Waals surface area contributed by atoms with Crippen molar-refractivity contribution < 1.29 is 17.9 Å². The lowest BCUT2D eigenvalue weighted by atomic mass is 9.73. The number of anilines is 1. The zero-order valence-electron chi connectivity index (χ0n) is 18.0. The summed E-state index contributed by atoms with van der Waals surface area (Å²) < 4.78 is 33.9. The Morgan fingerprint density at radius 1 is 1.00 bits per heavy atom. The van der Waals surface area contributed by atoms with Crippen molar-refractivity contribution in [3.05, 3.63) is 66.2 Å². The molecule has 0 aromatic heterocycles. The maximum Gasteiger partial charge on any atom is 0.414 e. The summed E-state index contributed by atoms with van der Waals surface area (Å²) >= 11 is 0. The van der Waals surface area contributed by atoms with E-state index in [4.69, 9.17) is 4.74 Å². The largest absolute Gasteiger partial charge is 0.444 e. The van der Waals surface area contributed by atoms with Crippen LogP contribution in [-0.4, -0.2) is 45.2 Å². The highest BCUT2D eigenvalue weighted by Gasteiger charge is 2.37. The van der Waals surface area contributed by atoms with Gasteiger partial charge in [-0.15, -0.1) is 0 Å². The Balaban J connectivity index is 1.38. The minimum absolute atomic E-state index is 0.0898. The number of benzene rings is 3. The number of ether oxygens (including phenoxy) is 1. The average molecular weight is 448 g/mol. The Bertz CT molecular complexity index is 1280. The van der Waals surface area contributed by atoms with Crippen LogP contribution in [0, 0.1) is 0 Å². The quantitative estimate of drug-likeness (QED) is 0.575. The third-order valence-corrected chi connectivity index (χ3v) is 8.47. The highest BCUT2D eigenvalue weighted by atomic mass is 32.2. The van der Waals surface area contributed by atoms with Crippen molar-refractivity contribution in [2.75, 3.05) is 18.0 Å². The summed E-state index contributed by atoms with van der Waals surface area (Å²) in [5, 5.41) is 1.64. The first-order chi connectivity index (χ1) is 15.5. The third kappa shape index (κ3) is 3.57. The van der Waals surface area contributed by atoms with Gasteiger partial charge < -0.3 is 4.74 Å². The molecule has 0 aliphatic carbocycles. The molecule has 2 heterocycles. The second-order valence-electron chi connectivity index (χ2n) is 8.35. The standard InChI is InChI=1S/C24H25BN2O4S/c1-25-19-9-10-22-18(15-19)16-31-24(28)27(22)20-11-13-26(14-12-20)32(29,30)23-8-4-6-17-5-2-3-7-21(17)23/h2-10,15,20,25H,11-14,16H2,1H3. The van der Waals surface area contributed by atoms with Crippen molar-refractivity contribution in [3.8, 4) is 0 Å². The number of fused-ring (bicyclic) bond motifs is 2. The molecule has 6 nitrogen and oxygen atoms in total. The molecule has 0 N–H and O–H groups in total. The van der Waals surface area contributed by atoms with Crippen LogP contribution in [0.15, 0.2) is 65.6 Å². The summed E-state index contributed by atoms with van der Waals surface area (Å²) in [6, 6.07) is 19.0. The highest BCUT2D eigenvalue weighted by molar-refractivity contribution is 7.89. The molecular weight excluding hydrogens is 423 g/mol. The molecule has 0 unspecified atom stereocenters. The number of carbonyl (C=O) groups is 1. The summed E-state index contributed by atoms with van der Waals surface area (Å²) in [6.45, 7) is 3.11. The molecule has 0 bridgehead atoms. The number of rotatable bonds is 4. The second kappa shape index (κ2) is 8.26. The van der Waals surface area contributed by atoms with Gasteiger partial charge in [0.25, 0.3) is 0 Å². The molecule has 0 spiro atoms. The van der Waals surface area contributed by atoms with Crippen LogP contribution in [0.3, 0.4) is 0 Å². The fraction of sp³-hybridized carbons (Fsp3) is 0.292. The molecule has 2 aliphatic heterocycles. The number of hydrogen-bond acceptors (Lipinski definition) is 4. The van der Waals surface area contributed by atoms with Crippen LogP contribution in [0.1, 0.15) is 18.4 Å². The SMILES string of the molecule is CBc1ccc2c(c1)COC(=O)N2C1CCN(S(=O)(=O)c2cccc3ccccc23)CC1. The summed E-state index contributed by atoms with van der Waals surface area (Å²) in [6.07, 6.45) is 0.777. The number of piperidine rings is 1. The van der Waals surface area contributed by atoms with Crippen LogP contribution in [0.5, 0.6) is 0 Å². The Morgan fingerprint density at radius 3 is 2.53 bits per heavy atom. The second-order valence-corrected chi connectivity index (χ2v) is 10.3. The number of cyclic esters (lactones) is 1. The lowest BCUT2D eigenvalue weighted by molar-refractivity contribution is 0.136. The number of sulfonamides is 1. The smallest absolute Gasteiger partial charge is 0.414 e. The van der Waals surface area contributed by atoms with Crippen LogP contribution < -0.4 is 10.4 Å². The first-order valence-electron chi connectivity index (χ1n) is 11.0. The van der Waals surface area contributed by atoms with E-state index >= 15 is 0 Å². The molecule has 8 heteroatoms. The summed E-state index contributed by atoms with van der Waals surface area (Å²) in [5.74, 6) is 0. The molecule has 164 valence electrons. The molecule has 0 saturated carbocycles. The van der Waals surface area contributed by atoms with E-state index in [1.165, 1.54) is 5.46 Å². The van der Waals surface area contributed by atoms with Crippen molar-refractivity contribution in [1.82, 2.24) is 4.31 Å². The van der Waals surface area contributed by atoms with E-state index < -0.39 is 10.0 Å². The van der Waals surface area contributed by atoms with Crippen LogP contribution in [0.4, 0.5) is 10.5 Å². The Labute approximate surface area is 189 Å². The fourth-order valence-corrected chi connectivity index (χ4v) is 6.45. The van der Waals surface area contributed by atoms with E-state index in [0.29, 0.717) is 30.8 Å². The number of amides is 1. The molecule has 1 fully saturated rings. The van der Waals surface area contributed by atoms with Gasteiger partial charge in [0.05, 0.1) is 10.6 Å². The molecule has 0 radical (unpaired) electrons. The molecule has 1 saturated heterocycles. The van der Waals surface area contributed by atoms with E-state index in [1.807, 2.05) is 42.5 Å². The average Bonchev–Trinajstić information content (AvgIpc) is 2.83. The van der Waals surface area contributed by atoms with Crippen molar-refractivity contribution in [1.29, 1.82) is 0 Å². The molecule has 2 aliphatic rings. The van der Waals surface area contributed by atoms with Crippen molar-refractivity contribution >= 4 is 45.3 Å². The first kappa shape index (κ1) is 21.0. The summed E-state index contributed by atoms with van der Waals surface area (Å²) in [5.41, 5.74) is 3.10. The van der Waals surface area contributed by atoms with Gasteiger partial charge in [0.1, 0.15) is 6.61 Å². The molecule has 32 heavy (non-hydrogen) atoms. The van der Waals surface area contributed by atoms with Gasteiger partial charge in [-0.3, -0.25) is 4.90 Å². The Hall–Kier alpha value is -2.84. The van der Waals surface area contributed by atoms with Crippen LogP contribution >= 0.6 is 0 Å². The third-order valence-electron chi connectivity index (χ3n) is 6.52. The summed E-state index contributed by atoms with van der Waals surface area (Å²) in [7, 11) is -2.70. The van der Waals surface area contributed by atoms with Crippen LogP contribution in [0.25, 0.3) is 10.8 Å². The van der Waals surface area contributed by atoms with Crippen molar-refractivity contribution in [2.45, 2.75) is 37.2 Å². The lowest BCUT2D eigenvalue weighted by Crippen LogP contribution is -2.50. The van der Waals surface area contributed by atoms with Gasteiger partial charge in [-0.25, -0.2) is 13.2 Å². The van der Waals surface area contributed by atoms with Gasteiger partial charge in [0.15, 0.2) is 7.28 Å². The van der Waals surface area contributed by atoms with E-state index in [9.17, 15) is 13.2 Å². The zero-order valence-corrected chi connectivity index (χ0v) is 18.8. The first-order valence-corrected chi connectivity index (χ1v) is 12.5. The molecule has 1 amide bonds. The zero-order chi connectivity index (χ0) is 22.3. The van der Waals surface area contributed by atoms with Gasteiger partial charge in [-0.05, 0) is 30.4 Å². The van der Waals surface area contributed by atoms with E-state index in [1.54, 1.807) is 21.3 Å². The maximum absolute atomic E-state index is 13.4. The van der Waals surface area contributed by atoms with Crippen LogP contribution in [0.2, 0.25) is 6.82 Å². The van der Waals surface area contributed by atoms with Crippen molar-refractivity contribution in [3.63, 3.8) is 0 Å². The normalized spacial score (nSPS) is 17.8. The van der Waals surface area contributed by atoms with E-state index in [0.717, 1.165) is 29.3 Å². The van der Waals surface area contributed by atoms with Gasteiger partial charge in [-0.2, -0.15) is 4.31 Å². The molecule has 3 aromatic carbocycles. The van der Waals surface area contributed by atoms with Crippen LogP contribution in [-0.2, 0) is 21.4 Å². The topological polar surface area (TPSA) is 66.9 Å². The van der Waals surface area contributed by atoms with Gasteiger partial charge in [0, 0.05) is 30.1 Å². The Morgan fingerprint density at radius 2 is 1.75 bits per heavy atom. The molecule has 0 atom stereocenters. The fourth-order valence-electron chi connectivity index (χ4n) is 4.76. The van der Waals surface area contributed by atoms with Gasteiger partial charge >= 0.3 is 6.09 Å². The highest BCUT2D eigenvalue weighted by Crippen LogP contribution is 2.33. The van der Waals surface area contributed by atoms with Gasteiger partial charge in [-0.1, -0.05) is 60.8 Å². The molecule has 5 rings (SSSR count). The predicted molar refractivity (Wildman–Crippen MR) is 127 cm³/mol. The van der Waals surface area contributed by atoms with Crippen molar-refractivity contribution in [2.24, 2.45) is 0 Å². The maximum atomic E-state index is 13.4. The predicted octanol–water partition coefficient (Wildman–Crippen LogP) is 3.26. The lowest BCUT2D eigenvalue weighted by Gasteiger charge is -2.40. The minimum Gasteiger partial charge on any atom is -0.444 e. The monoisotopic (exact) mass is 448 g/mol. The minimum atomic E-state index is -3.63. The summed E-state index contributed by atoms with van der Waals surface area (Å²) in [4.78, 5) is 14.7. The number of carbonyl (C=O) groups excluding carboxylic acids is 1. The molecular formula is C24H25BN2O4S. The van der Waals surface area contributed by atoms with Gasteiger partial charge in [0.2, 0.25) is 10.0 Å².